The van der Waals surface area contributed by atoms with Crippen LogP contribution in [0.5, 0.6) is 11.5 Å². The highest BCUT2D eigenvalue weighted by Gasteiger charge is 2.28. The van der Waals surface area contributed by atoms with Crippen molar-refractivity contribution < 1.29 is 19.0 Å². The molecule has 0 fully saturated rings. The normalized spacial score (nSPS) is 19.2. The van der Waals surface area contributed by atoms with Crippen molar-refractivity contribution in [1.29, 1.82) is 0 Å². The molecule has 0 bridgehead atoms. The van der Waals surface area contributed by atoms with E-state index in [1.807, 2.05) is 12.1 Å². The maximum absolute atomic E-state index is 13.5. The van der Waals surface area contributed by atoms with Crippen LogP contribution in [-0.2, 0) is 11.3 Å². The number of aromatic hydroxyl groups is 1. The number of halogens is 2. The first-order valence-corrected chi connectivity index (χ1v) is 8.25. The number of fused-ring (bicyclic) bond motifs is 1. The standard InChI is InChI=1S/C17H14BrFN2O3/c18-10-3-9-7-23-8-24-17(9)13(4-10)15-6-14(20-21-15)12-5-11(19)1-2-16(12)22/h1-5,15,21-22H,6-8H2/t15-/m0/s1. The monoisotopic (exact) mass is 392 g/mol. The largest absolute Gasteiger partial charge is 0.507 e. The second-order valence-electron chi connectivity index (χ2n) is 5.70. The summed E-state index contributed by atoms with van der Waals surface area (Å²) in [6.45, 7) is 0.708. The highest BCUT2D eigenvalue weighted by atomic mass is 79.9. The van der Waals surface area contributed by atoms with Crippen LogP contribution in [0.3, 0.4) is 0 Å². The number of nitrogens with zero attached hydrogens (tertiary/aromatic N) is 1. The van der Waals surface area contributed by atoms with Gasteiger partial charge in [0.25, 0.3) is 0 Å². The number of phenols is 1. The van der Waals surface area contributed by atoms with Crippen molar-refractivity contribution in [3.63, 3.8) is 0 Å². The van der Waals surface area contributed by atoms with Crippen LogP contribution in [0.15, 0.2) is 39.9 Å². The van der Waals surface area contributed by atoms with Gasteiger partial charge in [-0.1, -0.05) is 15.9 Å². The first-order chi connectivity index (χ1) is 11.6. The van der Waals surface area contributed by atoms with E-state index in [4.69, 9.17) is 9.47 Å². The van der Waals surface area contributed by atoms with Crippen molar-refractivity contribution in [3.8, 4) is 11.5 Å². The Bertz CT molecular complexity index is 841. The van der Waals surface area contributed by atoms with Gasteiger partial charge in [-0.25, -0.2) is 4.39 Å². The number of benzene rings is 2. The SMILES string of the molecule is Oc1ccc(F)cc1C1=NN[C@H](c2cc(Br)cc3c2OCOC3)C1. The number of rotatable bonds is 2. The molecule has 0 aliphatic carbocycles. The number of hydrazone groups is 1. The van der Waals surface area contributed by atoms with Crippen molar-refractivity contribution in [2.75, 3.05) is 6.79 Å². The van der Waals surface area contributed by atoms with E-state index in [0.29, 0.717) is 24.3 Å². The molecule has 1 atom stereocenters. The van der Waals surface area contributed by atoms with E-state index in [9.17, 15) is 9.50 Å². The summed E-state index contributed by atoms with van der Waals surface area (Å²) >= 11 is 3.50. The zero-order chi connectivity index (χ0) is 16.7. The Balaban J connectivity index is 1.65. The molecule has 0 spiro atoms. The molecule has 2 aromatic carbocycles. The van der Waals surface area contributed by atoms with Crippen molar-refractivity contribution in [1.82, 2.24) is 5.43 Å². The van der Waals surface area contributed by atoms with Crippen LogP contribution in [0.2, 0.25) is 0 Å². The van der Waals surface area contributed by atoms with Crippen LogP contribution >= 0.6 is 15.9 Å². The minimum Gasteiger partial charge on any atom is -0.507 e. The molecule has 7 heteroatoms. The second kappa shape index (κ2) is 6.07. The summed E-state index contributed by atoms with van der Waals surface area (Å²) < 4.78 is 25.4. The number of nitrogens with one attached hydrogen (secondary N) is 1. The third-order valence-corrected chi connectivity index (χ3v) is 4.56. The molecule has 2 N–H and O–H groups in total. The van der Waals surface area contributed by atoms with Gasteiger partial charge in [-0.15, -0.1) is 0 Å². The summed E-state index contributed by atoms with van der Waals surface area (Å²) in [5.41, 5.74) is 5.99. The zero-order valence-electron chi connectivity index (χ0n) is 12.6. The van der Waals surface area contributed by atoms with E-state index in [-0.39, 0.29) is 18.6 Å². The van der Waals surface area contributed by atoms with E-state index < -0.39 is 5.82 Å². The van der Waals surface area contributed by atoms with E-state index in [1.165, 1.54) is 18.2 Å². The summed E-state index contributed by atoms with van der Waals surface area (Å²) in [7, 11) is 0. The number of hydrogen-bond acceptors (Lipinski definition) is 5. The van der Waals surface area contributed by atoms with Crippen LogP contribution in [0.4, 0.5) is 4.39 Å². The highest BCUT2D eigenvalue weighted by molar-refractivity contribution is 9.10. The van der Waals surface area contributed by atoms with Gasteiger partial charge in [0, 0.05) is 27.6 Å². The summed E-state index contributed by atoms with van der Waals surface area (Å²) in [5.74, 6) is 0.398. The summed E-state index contributed by atoms with van der Waals surface area (Å²) in [6.07, 6.45) is 0.518. The molecule has 4 rings (SSSR count). The molecule has 0 saturated heterocycles. The predicted molar refractivity (Wildman–Crippen MR) is 89.5 cm³/mol. The quantitative estimate of drug-likeness (QED) is 0.819. The fourth-order valence-electron chi connectivity index (χ4n) is 3.00. The van der Waals surface area contributed by atoms with Crippen molar-refractivity contribution in [2.45, 2.75) is 19.1 Å². The third kappa shape index (κ3) is 2.74. The molecule has 2 aromatic rings. The zero-order valence-corrected chi connectivity index (χ0v) is 14.1. The Labute approximate surface area is 146 Å². The Hall–Kier alpha value is -2.12. The molecular formula is C17H14BrFN2O3. The fraction of sp³-hybridized carbons (Fsp3) is 0.235. The predicted octanol–water partition coefficient (Wildman–Crippen LogP) is 3.60. The molecule has 0 unspecified atom stereocenters. The number of phenolic OH excluding ortho intramolecular Hbond substituents is 1. The molecular weight excluding hydrogens is 379 g/mol. The van der Waals surface area contributed by atoms with Gasteiger partial charge in [0.2, 0.25) is 0 Å². The number of ether oxygens (including phenoxy) is 2. The molecule has 2 aliphatic rings. The lowest BCUT2D eigenvalue weighted by Crippen LogP contribution is -2.17. The number of hydrogen-bond donors (Lipinski definition) is 2. The summed E-state index contributed by atoms with van der Waals surface area (Å²) in [4.78, 5) is 0. The van der Waals surface area contributed by atoms with Gasteiger partial charge in [0.05, 0.1) is 18.4 Å². The maximum atomic E-state index is 13.5. The molecule has 5 nitrogen and oxygen atoms in total. The molecule has 0 radical (unpaired) electrons. The summed E-state index contributed by atoms with van der Waals surface area (Å²) in [6, 6.07) is 7.67. The topological polar surface area (TPSA) is 63.1 Å². The van der Waals surface area contributed by atoms with Gasteiger partial charge in [0.15, 0.2) is 6.79 Å². The highest BCUT2D eigenvalue weighted by Crippen LogP contribution is 2.38. The molecule has 0 saturated carbocycles. The third-order valence-electron chi connectivity index (χ3n) is 4.10. The van der Waals surface area contributed by atoms with Gasteiger partial charge in [0.1, 0.15) is 17.3 Å². The van der Waals surface area contributed by atoms with Crippen LogP contribution in [0.25, 0.3) is 0 Å². The van der Waals surface area contributed by atoms with E-state index in [0.717, 1.165) is 21.3 Å². The van der Waals surface area contributed by atoms with Gasteiger partial charge >= 0.3 is 0 Å². The Morgan fingerprint density at radius 1 is 1.29 bits per heavy atom. The fourth-order valence-corrected chi connectivity index (χ4v) is 3.52. The van der Waals surface area contributed by atoms with E-state index in [2.05, 4.69) is 26.5 Å². The van der Waals surface area contributed by atoms with Crippen molar-refractivity contribution >= 4 is 21.6 Å². The average Bonchev–Trinajstić information content (AvgIpc) is 3.06. The van der Waals surface area contributed by atoms with E-state index >= 15 is 0 Å². The molecule has 0 aromatic heterocycles. The van der Waals surface area contributed by atoms with Crippen LogP contribution in [0.1, 0.15) is 29.2 Å². The first kappa shape index (κ1) is 15.4. The lowest BCUT2D eigenvalue weighted by Gasteiger charge is -2.23. The second-order valence-corrected chi connectivity index (χ2v) is 6.62. The Kier molecular flexibility index (Phi) is 3.90. The molecule has 2 aliphatic heterocycles. The Morgan fingerprint density at radius 2 is 2.17 bits per heavy atom. The smallest absolute Gasteiger partial charge is 0.189 e. The maximum Gasteiger partial charge on any atom is 0.189 e. The van der Waals surface area contributed by atoms with Gasteiger partial charge in [-0.2, -0.15) is 5.10 Å². The Morgan fingerprint density at radius 3 is 3.04 bits per heavy atom. The molecule has 2 heterocycles. The van der Waals surface area contributed by atoms with Gasteiger partial charge < -0.3 is 20.0 Å². The van der Waals surface area contributed by atoms with Crippen molar-refractivity contribution in [2.24, 2.45) is 5.10 Å². The van der Waals surface area contributed by atoms with Gasteiger partial charge in [-0.3, -0.25) is 0 Å². The van der Waals surface area contributed by atoms with Crippen molar-refractivity contribution in [3.05, 3.63) is 57.3 Å². The molecule has 0 amide bonds. The minimum atomic E-state index is -0.408. The van der Waals surface area contributed by atoms with Crippen LogP contribution in [0, 0.1) is 5.82 Å². The van der Waals surface area contributed by atoms with Crippen LogP contribution in [-0.4, -0.2) is 17.6 Å². The lowest BCUT2D eigenvalue weighted by atomic mass is 9.96. The van der Waals surface area contributed by atoms with Gasteiger partial charge in [-0.05, 0) is 30.3 Å². The minimum absolute atomic E-state index is 0.0125. The lowest BCUT2D eigenvalue weighted by molar-refractivity contribution is -0.0173. The van der Waals surface area contributed by atoms with E-state index in [1.54, 1.807) is 0 Å². The molecule has 124 valence electrons. The van der Waals surface area contributed by atoms with Crippen LogP contribution < -0.4 is 10.2 Å². The molecule has 24 heavy (non-hydrogen) atoms. The average molecular weight is 393 g/mol. The first-order valence-electron chi connectivity index (χ1n) is 7.45. The summed E-state index contributed by atoms with van der Waals surface area (Å²) in [5, 5.41) is 14.2.